The Kier molecular flexibility index (Phi) is 3.18. The Morgan fingerprint density at radius 2 is 1.92 bits per heavy atom. The molecule has 1 aromatic carbocycles. The first-order valence-electron chi connectivity index (χ1n) is 3.94. The molecule has 2 heteroatoms. The lowest BCUT2D eigenvalue weighted by Gasteiger charge is -2.08. The summed E-state index contributed by atoms with van der Waals surface area (Å²) in [6, 6.07) is 4.19. The normalized spacial score (nSPS) is 10.3. The van der Waals surface area contributed by atoms with Crippen LogP contribution in [-0.2, 0) is 6.61 Å². The fraction of sp³-hybridized carbons (Fsp3) is 0.400. The minimum Gasteiger partial charge on any atom is -0.392 e. The summed E-state index contributed by atoms with van der Waals surface area (Å²) in [6.45, 7) is 4.27. The quantitative estimate of drug-likeness (QED) is 0.709. The summed E-state index contributed by atoms with van der Waals surface area (Å²) in [7, 11) is 0. The average Bonchev–Trinajstić information content (AvgIpc) is 2.05. The van der Waals surface area contributed by atoms with Crippen LogP contribution in [0.3, 0.4) is 0 Å². The van der Waals surface area contributed by atoms with E-state index < -0.39 is 0 Å². The van der Waals surface area contributed by atoms with Gasteiger partial charge in [0.2, 0.25) is 0 Å². The molecule has 0 aliphatic carbocycles. The van der Waals surface area contributed by atoms with Gasteiger partial charge in [-0.3, -0.25) is 0 Å². The van der Waals surface area contributed by atoms with Crippen LogP contribution >= 0.6 is 11.8 Å². The molecule has 0 heterocycles. The van der Waals surface area contributed by atoms with Gasteiger partial charge in [-0.1, -0.05) is 6.07 Å². The summed E-state index contributed by atoms with van der Waals surface area (Å²) < 4.78 is 0. The van der Waals surface area contributed by atoms with E-state index in [1.807, 2.05) is 6.92 Å². The minimum atomic E-state index is 0.139. The molecule has 0 saturated heterocycles. The van der Waals surface area contributed by atoms with Crippen LogP contribution < -0.4 is 0 Å². The summed E-state index contributed by atoms with van der Waals surface area (Å²) in [6.07, 6.45) is 2.05. The second-order valence-electron chi connectivity index (χ2n) is 2.91. The number of hydrogen-bond donors (Lipinski definition) is 1. The fourth-order valence-corrected chi connectivity index (χ4v) is 1.91. The molecule has 0 aromatic heterocycles. The molecule has 0 atom stereocenters. The first kappa shape index (κ1) is 9.62. The highest BCUT2D eigenvalue weighted by Crippen LogP contribution is 2.23. The molecule has 0 aliphatic rings. The van der Waals surface area contributed by atoms with E-state index in [1.165, 1.54) is 16.0 Å². The van der Waals surface area contributed by atoms with E-state index in [-0.39, 0.29) is 6.61 Å². The van der Waals surface area contributed by atoms with Crippen molar-refractivity contribution in [2.24, 2.45) is 0 Å². The lowest BCUT2D eigenvalue weighted by atomic mass is 10.1. The first-order valence-corrected chi connectivity index (χ1v) is 5.16. The van der Waals surface area contributed by atoms with Crippen LogP contribution in [0.1, 0.15) is 16.7 Å². The number of benzene rings is 1. The minimum absolute atomic E-state index is 0.139. The monoisotopic (exact) mass is 182 g/mol. The number of aliphatic hydroxyl groups is 1. The summed E-state index contributed by atoms with van der Waals surface area (Å²) >= 11 is 1.72. The van der Waals surface area contributed by atoms with Gasteiger partial charge in [-0.25, -0.2) is 0 Å². The largest absolute Gasteiger partial charge is 0.392 e. The van der Waals surface area contributed by atoms with E-state index in [4.69, 9.17) is 5.11 Å². The summed E-state index contributed by atoms with van der Waals surface area (Å²) in [4.78, 5) is 1.25. The van der Waals surface area contributed by atoms with Gasteiger partial charge in [-0.2, -0.15) is 0 Å². The highest BCUT2D eigenvalue weighted by molar-refractivity contribution is 7.98. The third-order valence-corrected chi connectivity index (χ3v) is 2.90. The Morgan fingerprint density at radius 1 is 1.25 bits per heavy atom. The maximum atomic E-state index is 9.02. The molecule has 1 nitrogen and oxygen atoms in total. The fourth-order valence-electron chi connectivity index (χ4n) is 1.26. The molecule has 0 radical (unpaired) electrons. The second-order valence-corrected chi connectivity index (χ2v) is 3.75. The van der Waals surface area contributed by atoms with Crippen LogP contribution in [0.5, 0.6) is 0 Å². The Balaban J connectivity index is 3.18. The predicted molar refractivity (Wildman–Crippen MR) is 53.6 cm³/mol. The van der Waals surface area contributed by atoms with Crippen molar-refractivity contribution in [3.63, 3.8) is 0 Å². The van der Waals surface area contributed by atoms with Gasteiger partial charge in [0.05, 0.1) is 6.61 Å². The molecule has 66 valence electrons. The van der Waals surface area contributed by atoms with E-state index in [1.54, 1.807) is 11.8 Å². The van der Waals surface area contributed by atoms with Gasteiger partial charge < -0.3 is 5.11 Å². The van der Waals surface area contributed by atoms with Crippen molar-refractivity contribution in [2.75, 3.05) is 6.26 Å². The Bertz CT molecular complexity index is 256. The molecular formula is C10H14OS. The number of aryl methyl sites for hydroxylation is 2. The van der Waals surface area contributed by atoms with E-state index >= 15 is 0 Å². The zero-order chi connectivity index (χ0) is 9.14. The molecule has 0 aliphatic heterocycles. The van der Waals surface area contributed by atoms with E-state index in [9.17, 15) is 0 Å². The van der Waals surface area contributed by atoms with Crippen LogP contribution in [0.4, 0.5) is 0 Å². The Morgan fingerprint density at radius 3 is 2.42 bits per heavy atom. The van der Waals surface area contributed by atoms with Crippen LogP contribution in [0.15, 0.2) is 17.0 Å². The van der Waals surface area contributed by atoms with Crippen LogP contribution in [0.2, 0.25) is 0 Å². The van der Waals surface area contributed by atoms with Crippen LogP contribution in [0.25, 0.3) is 0 Å². The molecule has 0 fully saturated rings. The van der Waals surface area contributed by atoms with Crippen LogP contribution in [-0.4, -0.2) is 11.4 Å². The van der Waals surface area contributed by atoms with Gasteiger partial charge in [-0.15, -0.1) is 11.8 Å². The smallest absolute Gasteiger partial charge is 0.0684 e. The molecule has 0 amide bonds. The summed E-state index contributed by atoms with van der Waals surface area (Å²) in [5.41, 5.74) is 3.50. The summed E-state index contributed by atoms with van der Waals surface area (Å²) in [5.74, 6) is 0. The number of aliphatic hydroxyl groups excluding tert-OH is 1. The van der Waals surface area contributed by atoms with Crippen molar-refractivity contribution in [3.05, 3.63) is 28.8 Å². The molecule has 1 aromatic rings. The molecule has 1 N–H and O–H groups in total. The number of thioether (sulfide) groups is 1. The van der Waals surface area contributed by atoms with Crippen molar-refractivity contribution in [2.45, 2.75) is 25.3 Å². The lowest BCUT2D eigenvalue weighted by molar-refractivity contribution is 0.280. The molecule has 12 heavy (non-hydrogen) atoms. The third-order valence-electron chi connectivity index (χ3n) is 2.02. The van der Waals surface area contributed by atoms with E-state index in [0.29, 0.717) is 0 Å². The van der Waals surface area contributed by atoms with Gasteiger partial charge in [-0.05, 0) is 42.9 Å². The molecule has 0 saturated carbocycles. The SMILES string of the molecule is CSc1cc(CO)c(C)cc1C. The van der Waals surface area contributed by atoms with E-state index in [0.717, 1.165) is 5.56 Å². The van der Waals surface area contributed by atoms with Crippen molar-refractivity contribution < 1.29 is 5.11 Å². The zero-order valence-electron chi connectivity index (χ0n) is 7.72. The topological polar surface area (TPSA) is 20.2 Å². The summed E-state index contributed by atoms with van der Waals surface area (Å²) in [5, 5.41) is 9.02. The lowest BCUT2D eigenvalue weighted by Crippen LogP contribution is -1.91. The highest BCUT2D eigenvalue weighted by atomic mass is 32.2. The Labute approximate surface area is 77.8 Å². The number of hydrogen-bond acceptors (Lipinski definition) is 2. The molecule has 1 rings (SSSR count). The van der Waals surface area contributed by atoms with Crippen molar-refractivity contribution in [1.82, 2.24) is 0 Å². The Hall–Kier alpha value is -0.470. The van der Waals surface area contributed by atoms with E-state index in [2.05, 4.69) is 25.3 Å². The maximum absolute atomic E-state index is 9.02. The highest BCUT2D eigenvalue weighted by Gasteiger charge is 2.02. The molecule has 0 bridgehead atoms. The predicted octanol–water partition coefficient (Wildman–Crippen LogP) is 2.52. The maximum Gasteiger partial charge on any atom is 0.0684 e. The number of rotatable bonds is 2. The van der Waals surface area contributed by atoms with Gasteiger partial charge in [0.25, 0.3) is 0 Å². The molecule has 0 unspecified atom stereocenters. The van der Waals surface area contributed by atoms with Crippen molar-refractivity contribution in [3.8, 4) is 0 Å². The average molecular weight is 182 g/mol. The van der Waals surface area contributed by atoms with Crippen molar-refractivity contribution >= 4 is 11.8 Å². The zero-order valence-corrected chi connectivity index (χ0v) is 8.53. The van der Waals surface area contributed by atoms with Gasteiger partial charge in [0, 0.05) is 4.90 Å². The van der Waals surface area contributed by atoms with Gasteiger partial charge in [0.15, 0.2) is 0 Å². The standard InChI is InChI=1S/C10H14OS/c1-7-4-8(2)10(12-3)5-9(7)6-11/h4-5,11H,6H2,1-3H3. The van der Waals surface area contributed by atoms with Gasteiger partial charge in [0.1, 0.15) is 0 Å². The molecule has 0 spiro atoms. The molecular weight excluding hydrogens is 168 g/mol. The van der Waals surface area contributed by atoms with Crippen molar-refractivity contribution in [1.29, 1.82) is 0 Å². The third kappa shape index (κ3) is 1.82. The van der Waals surface area contributed by atoms with Crippen LogP contribution in [0, 0.1) is 13.8 Å². The first-order chi connectivity index (χ1) is 5.69. The second kappa shape index (κ2) is 3.97. The van der Waals surface area contributed by atoms with Gasteiger partial charge >= 0.3 is 0 Å².